The largest absolute Gasteiger partial charge is 0.456 e. The molecule has 2 aromatic heterocycles. The molecule has 2 heterocycles. The summed E-state index contributed by atoms with van der Waals surface area (Å²) >= 11 is 2.48. The number of aromatic nitrogens is 2. The molecule has 0 N–H and O–H groups in total. The van der Waals surface area contributed by atoms with Crippen LogP contribution >= 0.6 is 22.9 Å². The predicted molar refractivity (Wildman–Crippen MR) is 144 cm³/mol. The first kappa shape index (κ1) is 20.1. The van der Waals surface area contributed by atoms with E-state index in [1.807, 2.05) is 12.1 Å². The summed E-state index contributed by atoms with van der Waals surface area (Å²) in [5, 5.41) is 2.35. The van der Waals surface area contributed by atoms with Crippen LogP contribution in [0.15, 0.2) is 65.1 Å². The number of imidazole rings is 1. The van der Waals surface area contributed by atoms with Gasteiger partial charge >= 0.3 is 0 Å². The summed E-state index contributed by atoms with van der Waals surface area (Å²) in [4.78, 5) is 5.22. The van der Waals surface area contributed by atoms with Gasteiger partial charge in [0, 0.05) is 16.7 Å². The first-order chi connectivity index (χ1) is 16.1. The minimum absolute atomic E-state index is 0.601. The van der Waals surface area contributed by atoms with Crippen LogP contribution in [0, 0.1) is 17.8 Å². The molecule has 33 heavy (non-hydrogen) atoms. The van der Waals surface area contributed by atoms with E-state index in [2.05, 4.69) is 81.1 Å². The first-order valence-electron chi connectivity index (χ1n) is 12.2. The van der Waals surface area contributed by atoms with Gasteiger partial charge in [-0.3, -0.25) is 2.78 Å². The van der Waals surface area contributed by atoms with E-state index in [4.69, 9.17) is 9.40 Å². The van der Waals surface area contributed by atoms with Gasteiger partial charge in [0.2, 0.25) is 0 Å². The number of halogens is 1. The van der Waals surface area contributed by atoms with E-state index in [0.717, 1.165) is 34.4 Å². The molecule has 4 atom stereocenters. The van der Waals surface area contributed by atoms with E-state index in [9.17, 15) is 0 Å². The molecule has 1 unspecified atom stereocenters. The number of furan rings is 1. The van der Waals surface area contributed by atoms with E-state index < -0.39 is 0 Å². The van der Waals surface area contributed by atoms with Crippen LogP contribution in [0.4, 0.5) is 0 Å². The van der Waals surface area contributed by atoms with Gasteiger partial charge < -0.3 is 4.42 Å². The summed E-state index contributed by atoms with van der Waals surface area (Å²) in [5.74, 6) is 4.50. The fourth-order valence-corrected chi connectivity index (χ4v) is 7.61. The average molecular weight is 546 g/mol. The Hall–Kier alpha value is -2.34. The lowest BCUT2D eigenvalue weighted by molar-refractivity contribution is 0.121. The van der Waals surface area contributed by atoms with Crippen LogP contribution < -0.4 is 0 Å². The Morgan fingerprint density at radius 2 is 1.70 bits per heavy atom. The highest BCUT2D eigenvalue weighted by Crippen LogP contribution is 2.49. The fourth-order valence-electron chi connectivity index (χ4n) is 6.74. The zero-order valence-corrected chi connectivity index (χ0v) is 21.0. The van der Waals surface area contributed by atoms with Gasteiger partial charge in [0.1, 0.15) is 17.0 Å². The van der Waals surface area contributed by atoms with E-state index >= 15 is 0 Å². The Labute approximate surface area is 207 Å². The third kappa shape index (κ3) is 3.24. The molecular formula is C29H27IN2O. The fraction of sp³-hybridized carbons (Fsp3) is 0.345. The minimum Gasteiger partial charge on any atom is -0.456 e. The van der Waals surface area contributed by atoms with Crippen molar-refractivity contribution in [2.24, 2.45) is 17.8 Å². The number of hydrogen-bond donors (Lipinski definition) is 0. The van der Waals surface area contributed by atoms with Crippen molar-refractivity contribution in [1.29, 1.82) is 0 Å². The highest BCUT2D eigenvalue weighted by molar-refractivity contribution is 14.1. The molecule has 4 heteroatoms. The average Bonchev–Trinajstić information content (AvgIpc) is 3.35. The van der Waals surface area contributed by atoms with Gasteiger partial charge in [0.25, 0.3) is 0 Å². The third-order valence-electron chi connectivity index (χ3n) is 8.20. The summed E-state index contributed by atoms with van der Waals surface area (Å²) in [6.45, 7) is 2.44. The van der Waals surface area contributed by atoms with E-state index in [1.165, 1.54) is 65.3 Å². The van der Waals surface area contributed by atoms with Crippen LogP contribution in [0.2, 0.25) is 0 Å². The topological polar surface area (TPSA) is 31.0 Å². The van der Waals surface area contributed by atoms with Crippen molar-refractivity contribution in [1.82, 2.24) is 7.76 Å². The SMILES string of the molecule is C[C@@H]1C[C@@H]2CCC(c3nc4cc(-c5ccc6c(c5)oc5ccccc56)ccc4n3I)[C@H](C1)C2. The Morgan fingerprint density at radius 3 is 2.64 bits per heavy atom. The maximum absolute atomic E-state index is 6.13. The number of nitrogens with zero attached hydrogens (tertiary/aromatic N) is 2. The second-order valence-electron chi connectivity index (χ2n) is 10.4. The Bertz CT molecular complexity index is 1510. The van der Waals surface area contributed by atoms with Gasteiger partial charge in [-0.05, 0) is 91.3 Å². The second-order valence-corrected chi connectivity index (χ2v) is 11.4. The zero-order chi connectivity index (χ0) is 22.1. The summed E-state index contributed by atoms with van der Waals surface area (Å²) < 4.78 is 8.47. The van der Waals surface area contributed by atoms with E-state index in [0.29, 0.717) is 5.92 Å². The van der Waals surface area contributed by atoms with Gasteiger partial charge in [-0.2, -0.15) is 0 Å². The standard InChI is InChI=1S/C29H27IN2O/c1-17-12-18-6-9-22(21(13-17)14-18)29-31-25-15-19(8-11-26(25)32(29)30)20-7-10-24-23-4-2-3-5-27(23)33-28(24)16-20/h2-5,7-8,10-11,15-18,21-22H,6,9,12-14H2,1H3/t17-,18+,21-,22?/m1/s1. The van der Waals surface area contributed by atoms with E-state index in [-0.39, 0.29) is 0 Å². The van der Waals surface area contributed by atoms with Crippen molar-refractivity contribution < 1.29 is 4.42 Å². The lowest BCUT2D eigenvalue weighted by Gasteiger charge is -2.42. The van der Waals surface area contributed by atoms with Gasteiger partial charge in [0.05, 0.1) is 33.9 Å². The van der Waals surface area contributed by atoms with Crippen LogP contribution in [-0.2, 0) is 0 Å². The molecule has 2 aliphatic carbocycles. The minimum atomic E-state index is 0.601. The lowest BCUT2D eigenvalue weighted by Crippen LogP contribution is -2.31. The number of hydrogen-bond acceptors (Lipinski definition) is 2. The summed E-state index contributed by atoms with van der Waals surface area (Å²) in [7, 11) is 0. The quantitative estimate of drug-likeness (QED) is 0.207. The molecule has 2 aliphatic rings. The van der Waals surface area contributed by atoms with Crippen LogP contribution in [0.1, 0.15) is 50.8 Å². The number of benzene rings is 3. The maximum Gasteiger partial charge on any atom is 0.136 e. The Balaban J connectivity index is 1.28. The van der Waals surface area contributed by atoms with Gasteiger partial charge in [0.15, 0.2) is 0 Å². The van der Waals surface area contributed by atoms with Crippen LogP contribution in [0.5, 0.6) is 0 Å². The summed E-state index contributed by atoms with van der Waals surface area (Å²) in [6.07, 6.45) is 6.86. The van der Waals surface area contributed by atoms with Crippen molar-refractivity contribution >= 4 is 55.8 Å². The predicted octanol–water partition coefficient (Wildman–Crippen LogP) is 8.73. The molecule has 166 valence electrons. The monoisotopic (exact) mass is 546 g/mol. The molecular weight excluding hydrogens is 519 g/mol. The molecule has 3 nitrogen and oxygen atoms in total. The van der Waals surface area contributed by atoms with Gasteiger partial charge in [-0.1, -0.05) is 37.3 Å². The third-order valence-corrected chi connectivity index (χ3v) is 9.21. The van der Waals surface area contributed by atoms with Crippen LogP contribution in [0.3, 0.4) is 0 Å². The number of fused-ring (bicyclic) bond motifs is 6. The second kappa shape index (κ2) is 7.59. The maximum atomic E-state index is 6.13. The first-order valence-corrected chi connectivity index (χ1v) is 13.2. The Kier molecular flexibility index (Phi) is 4.62. The molecule has 0 saturated heterocycles. The van der Waals surface area contributed by atoms with Crippen molar-refractivity contribution in [3.63, 3.8) is 0 Å². The smallest absolute Gasteiger partial charge is 0.136 e. The molecule has 2 fully saturated rings. The highest BCUT2D eigenvalue weighted by atomic mass is 127. The molecule has 0 aliphatic heterocycles. The van der Waals surface area contributed by atoms with Crippen LogP contribution in [-0.4, -0.2) is 7.76 Å². The van der Waals surface area contributed by atoms with Crippen molar-refractivity contribution in [2.75, 3.05) is 0 Å². The zero-order valence-electron chi connectivity index (χ0n) is 18.8. The normalized spacial score (nSPS) is 25.3. The van der Waals surface area contributed by atoms with Gasteiger partial charge in [-0.25, -0.2) is 4.98 Å². The number of rotatable bonds is 2. The molecule has 7 rings (SSSR count). The molecule has 0 radical (unpaired) electrons. The summed E-state index contributed by atoms with van der Waals surface area (Å²) in [6, 6.07) is 21.5. The van der Waals surface area contributed by atoms with Gasteiger partial charge in [-0.15, -0.1) is 0 Å². The lowest BCUT2D eigenvalue weighted by atomic mass is 9.64. The molecule has 0 spiro atoms. The van der Waals surface area contributed by atoms with E-state index in [1.54, 1.807) is 0 Å². The molecule has 5 aromatic rings. The highest BCUT2D eigenvalue weighted by Gasteiger charge is 2.38. The molecule has 0 amide bonds. The Morgan fingerprint density at radius 1 is 0.879 bits per heavy atom. The molecule has 2 bridgehead atoms. The molecule has 2 saturated carbocycles. The molecule has 3 aromatic carbocycles. The van der Waals surface area contributed by atoms with Crippen molar-refractivity contribution in [3.05, 3.63) is 66.5 Å². The summed E-state index contributed by atoms with van der Waals surface area (Å²) in [5.41, 5.74) is 6.59. The van der Waals surface area contributed by atoms with Crippen LogP contribution in [0.25, 0.3) is 44.1 Å². The van der Waals surface area contributed by atoms with Crippen molar-refractivity contribution in [2.45, 2.75) is 44.9 Å². The van der Waals surface area contributed by atoms with Crippen molar-refractivity contribution in [3.8, 4) is 11.1 Å². The number of para-hydroxylation sites is 1.